The van der Waals surface area contributed by atoms with Crippen LogP contribution in [0.1, 0.15) is 24.3 Å². The first-order valence-corrected chi connectivity index (χ1v) is 10.0. The summed E-state index contributed by atoms with van der Waals surface area (Å²) >= 11 is 0.916. The van der Waals surface area contributed by atoms with Crippen molar-refractivity contribution in [2.24, 2.45) is 4.99 Å². The van der Waals surface area contributed by atoms with Crippen molar-refractivity contribution in [1.82, 2.24) is 14.5 Å². The van der Waals surface area contributed by atoms with Crippen molar-refractivity contribution in [3.63, 3.8) is 0 Å². The van der Waals surface area contributed by atoms with Gasteiger partial charge in [0, 0.05) is 12.6 Å². The van der Waals surface area contributed by atoms with Crippen molar-refractivity contribution in [3.8, 4) is 0 Å². The SMILES string of the molecule is C=CCN1C(=O)C(=CC(=O)OC)SC1=Nc1ncn(CC(=O)OCC)c1C(=O)OCC. The lowest BCUT2D eigenvalue weighted by atomic mass is 10.4. The topological polar surface area (TPSA) is 129 Å². The molecule has 1 saturated heterocycles. The Morgan fingerprint density at radius 2 is 1.97 bits per heavy atom. The van der Waals surface area contributed by atoms with Gasteiger partial charge in [-0.05, 0) is 25.6 Å². The standard InChI is InChI=1S/C19H22N4O7S/c1-5-8-23-17(26)12(9-13(24)28-4)31-19(23)21-16-15(18(27)30-7-3)22(11-20-16)10-14(25)29-6-2/h5,9,11H,1,6-8,10H2,2-4H3. The van der Waals surface area contributed by atoms with Crippen molar-refractivity contribution in [3.05, 3.63) is 35.7 Å². The summed E-state index contributed by atoms with van der Waals surface area (Å²) in [5.41, 5.74) is -0.0700. The predicted molar refractivity (Wildman–Crippen MR) is 112 cm³/mol. The van der Waals surface area contributed by atoms with Crippen LogP contribution in [0.5, 0.6) is 0 Å². The monoisotopic (exact) mass is 450 g/mol. The fourth-order valence-electron chi connectivity index (χ4n) is 2.47. The molecule has 0 bridgehead atoms. The van der Waals surface area contributed by atoms with Crippen LogP contribution in [0.15, 0.2) is 35.0 Å². The summed E-state index contributed by atoms with van der Waals surface area (Å²) < 4.78 is 15.8. The molecule has 1 aromatic rings. The Kier molecular flexibility index (Phi) is 8.55. The molecule has 11 nitrogen and oxygen atoms in total. The number of carbonyl (C=O) groups is 4. The van der Waals surface area contributed by atoms with Gasteiger partial charge < -0.3 is 18.8 Å². The predicted octanol–water partition coefficient (Wildman–Crippen LogP) is 1.43. The van der Waals surface area contributed by atoms with Crippen LogP contribution in [-0.2, 0) is 35.1 Å². The van der Waals surface area contributed by atoms with E-state index in [0.717, 1.165) is 17.8 Å². The molecule has 166 valence electrons. The number of imidazole rings is 1. The molecular formula is C19H22N4O7S. The van der Waals surface area contributed by atoms with Gasteiger partial charge in [-0.15, -0.1) is 6.58 Å². The van der Waals surface area contributed by atoms with Gasteiger partial charge in [-0.3, -0.25) is 14.5 Å². The zero-order valence-electron chi connectivity index (χ0n) is 17.3. The summed E-state index contributed by atoms with van der Waals surface area (Å²) in [6.07, 6.45) is 3.80. The number of aliphatic imine (C=N–C) groups is 1. The van der Waals surface area contributed by atoms with Crippen molar-refractivity contribution >= 4 is 46.6 Å². The van der Waals surface area contributed by atoms with Crippen molar-refractivity contribution < 1.29 is 33.4 Å². The van der Waals surface area contributed by atoms with Crippen molar-refractivity contribution in [1.29, 1.82) is 0 Å². The van der Waals surface area contributed by atoms with Gasteiger partial charge >= 0.3 is 17.9 Å². The molecule has 0 saturated carbocycles. The summed E-state index contributed by atoms with van der Waals surface area (Å²) in [7, 11) is 1.20. The third-order valence-corrected chi connectivity index (χ3v) is 4.75. The minimum atomic E-state index is -0.737. The second-order valence-electron chi connectivity index (χ2n) is 5.80. The molecule has 0 spiro atoms. The Bertz CT molecular complexity index is 951. The summed E-state index contributed by atoms with van der Waals surface area (Å²) in [6, 6.07) is 0. The molecular weight excluding hydrogens is 428 g/mol. The number of thioether (sulfide) groups is 1. The van der Waals surface area contributed by atoms with Crippen LogP contribution in [0.2, 0.25) is 0 Å². The Morgan fingerprint density at radius 1 is 1.26 bits per heavy atom. The minimum absolute atomic E-state index is 0.0496. The molecule has 0 aromatic carbocycles. The highest BCUT2D eigenvalue weighted by atomic mass is 32.2. The van der Waals surface area contributed by atoms with Crippen LogP contribution in [0.4, 0.5) is 5.82 Å². The first-order chi connectivity index (χ1) is 14.9. The van der Waals surface area contributed by atoms with Gasteiger partial charge in [-0.1, -0.05) is 6.08 Å². The van der Waals surface area contributed by atoms with Gasteiger partial charge in [0.15, 0.2) is 16.7 Å². The van der Waals surface area contributed by atoms with Crippen LogP contribution in [0.3, 0.4) is 0 Å². The highest BCUT2D eigenvalue weighted by molar-refractivity contribution is 8.18. The van der Waals surface area contributed by atoms with E-state index < -0.39 is 23.8 Å². The number of hydrogen-bond acceptors (Lipinski definition) is 10. The molecule has 1 aliphatic rings. The molecule has 0 unspecified atom stereocenters. The maximum atomic E-state index is 12.6. The lowest BCUT2D eigenvalue weighted by molar-refractivity contribution is -0.143. The Labute approximate surface area is 182 Å². The normalized spacial score (nSPS) is 16.0. The van der Waals surface area contributed by atoms with E-state index in [1.165, 1.54) is 29.0 Å². The van der Waals surface area contributed by atoms with Crippen molar-refractivity contribution in [2.45, 2.75) is 20.4 Å². The lowest BCUT2D eigenvalue weighted by Gasteiger charge is -2.12. The Balaban J connectivity index is 2.49. The number of ether oxygens (including phenoxy) is 3. The van der Waals surface area contributed by atoms with E-state index in [-0.39, 0.29) is 47.9 Å². The molecule has 0 atom stereocenters. The number of amidine groups is 1. The van der Waals surface area contributed by atoms with Gasteiger partial charge in [-0.2, -0.15) is 0 Å². The van der Waals surface area contributed by atoms with Crippen LogP contribution < -0.4 is 0 Å². The summed E-state index contributed by atoms with van der Waals surface area (Å²) in [6.45, 7) is 7.04. The number of methoxy groups -OCH3 is 1. The highest BCUT2D eigenvalue weighted by Crippen LogP contribution is 2.33. The molecule has 2 rings (SSSR count). The third kappa shape index (κ3) is 5.81. The first kappa shape index (κ1) is 23.9. The largest absolute Gasteiger partial charge is 0.466 e. The molecule has 0 aliphatic carbocycles. The summed E-state index contributed by atoms with van der Waals surface area (Å²) in [5.74, 6) is -2.52. The number of aromatic nitrogens is 2. The number of nitrogens with zero attached hydrogens (tertiary/aromatic N) is 4. The average Bonchev–Trinajstić information content (AvgIpc) is 3.24. The molecule has 1 fully saturated rings. The molecule has 1 aromatic heterocycles. The van der Waals surface area contributed by atoms with Gasteiger partial charge in [-0.25, -0.2) is 19.6 Å². The fourth-order valence-corrected chi connectivity index (χ4v) is 3.41. The first-order valence-electron chi connectivity index (χ1n) is 9.22. The number of carbonyl (C=O) groups excluding carboxylic acids is 4. The minimum Gasteiger partial charge on any atom is -0.466 e. The van der Waals surface area contributed by atoms with E-state index in [1.54, 1.807) is 13.8 Å². The van der Waals surface area contributed by atoms with Crippen LogP contribution in [0.25, 0.3) is 0 Å². The van der Waals surface area contributed by atoms with E-state index in [0.29, 0.717) is 0 Å². The maximum absolute atomic E-state index is 12.6. The van der Waals surface area contributed by atoms with Gasteiger partial charge in [0.05, 0.1) is 31.6 Å². The van der Waals surface area contributed by atoms with E-state index in [2.05, 4.69) is 21.3 Å². The second-order valence-corrected chi connectivity index (χ2v) is 6.81. The van der Waals surface area contributed by atoms with Crippen LogP contribution in [-0.4, -0.2) is 70.3 Å². The van der Waals surface area contributed by atoms with E-state index in [9.17, 15) is 19.2 Å². The number of amides is 1. The lowest BCUT2D eigenvalue weighted by Crippen LogP contribution is -2.29. The maximum Gasteiger partial charge on any atom is 0.358 e. The zero-order chi connectivity index (χ0) is 23.0. The number of hydrogen-bond donors (Lipinski definition) is 0. The number of esters is 3. The van der Waals surface area contributed by atoms with Gasteiger partial charge in [0.25, 0.3) is 5.91 Å². The second kappa shape index (κ2) is 11.1. The molecule has 0 radical (unpaired) electrons. The molecule has 0 N–H and O–H groups in total. The van der Waals surface area contributed by atoms with E-state index >= 15 is 0 Å². The third-order valence-electron chi connectivity index (χ3n) is 3.74. The Hall–Kier alpha value is -3.41. The molecule has 31 heavy (non-hydrogen) atoms. The van der Waals surface area contributed by atoms with Crippen LogP contribution >= 0.6 is 11.8 Å². The van der Waals surface area contributed by atoms with Gasteiger partial charge in [0.2, 0.25) is 0 Å². The summed E-state index contributed by atoms with van der Waals surface area (Å²) in [4.78, 5) is 58.3. The molecule has 1 amide bonds. The Morgan fingerprint density at radius 3 is 2.58 bits per heavy atom. The summed E-state index contributed by atoms with van der Waals surface area (Å²) in [5, 5.41) is 0.173. The molecule has 1 aliphatic heterocycles. The van der Waals surface area contributed by atoms with Crippen molar-refractivity contribution in [2.75, 3.05) is 26.9 Å². The molecule has 12 heteroatoms. The van der Waals surface area contributed by atoms with Crippen LogP contribution in [0, 0.1) is 0 Å². The quantitative estimate of drug-likeness (QED) is 0.237. The van der Waals surface area contributed by atoms with E-state index in [1.807, 2.05) is 0 Å². The van der Waals surface area contributed by atoms with Gasteiger partial charge in [0.1, 0.15) is 6.54 Å². The zero-order valence-corrected chi connectivity index (χ0v) is 18.1. The average molecular weight is 450 g/mol. The smallest absolute Gasteiger partial charge is 0.358 e. The highest BCUT2D eigenvalue weighted by Gasteiger charge is 2.34. The van der Waals surface area contributed by atoms with E-state index in [4.69, 9.17) is 9.47 Å². The molecule has 2 heterocycles. The number of rotatable bonds is 9. The fraction of sp³-hybridized carbons (Fsp3) is 0.368.